The van der Waals surface area contributed by atoms with Gasteiger partial charge in [-0.25, -0.2) is 9.97 Å². The molecule has 4 heterocycles. The van der Waals surface area contributed by atoms with Crippen LogP contribution in [0.1, 0.15) is 11.1 Å². The van der Waals surface area contributed by atoms with Crippen molar-refractivity contribution in [3.05, 3.63) is 96.4 Å². The highest BCUT2D eigenvalue weighted by molar-refractivity contribution is 6.02. The van der Waals surface area contributed by atoms with Gasteiger partial charge in [0.2, 0.25) is 6.79 Å². The number of hydrogen-bond donors (Lipinski definition) is 0. The zero-order valence-electron chi connectivity index (χ0n) is 21.4. The number of benzene rings is 3. The first-order valence-corrected chi connectivity index (χ1v) is 13.1. The lowest BCUT2D eigenvalue weighted by atomic mass is 10.1. The van der Waals surface area contributed by atoms with E-state index in [4.69, 9.17) is 19.4 Å². The molecule has 0 bridgehead atoms. The lowest BCUT2D eigenvalue weighted by Gasteiger charge is -2.35. The van der Waals surface area contributed by atoms with Crippen LogP contribution in [0.4, 0.5) is 5.82 Å². The summed E-state index contributed by atoms with van der Waals surface area (Å²) < 4.78 is 13.2. The van der Waals surface area contributed by atoms with E-state index in [0.29, 0.717) is 6.79 Å². The summed E-state index contributed by atoms with van der Waals surface area (Å²) in [7, 11) is 0. The molecule has 5 aromatic rings. The normalized spacial score (nSPS) is 15.3. The maximum absolute atomic E-state index is 5.57. The third-order valence-electron chi connectivity index (χ3n) is 7.44. The molecule has 2 aliphatic heterocycles. The van der Waals surface area contributed by atoms with Gasteiger partial charge >= 0.3 is 0 Å². The zero-order valence-corrected chi connectivity index (χ0v) is 21.4. The van der Waals surface area contributed by atoms with Gasteiger partial charge in [-0.2, -0.15) is 0 Å². The van der Waals surface area contributed by atoms with Crippen molar-refractivity contribution in [3.8, 4) is 28.3 Å². The van der Waals surface area contributed by atoms with Crippen molar-refractivity contribution >= 4 is 16.9 Å². The van der Waals surface area contributed by atoms with Crippen molar-refractivity contribution in [3.63, 3.8) is 0 Å². The molecule has 190 valence electrons. The van der Waals surface area contributed by atoms with Gasteiger partial charge in [-0.3, -0.25) is 4.90 Å². The van der Waals surface area contributed by atoms with E-state index in [-0.39, 0.29) is 0 Å². The predicted molar refractivity (Wildman–Crippen MR) is 149 cm³/mol. The van der Waals surface area contributed by atoms with Crippen molar-refractivity contribution in [2.45, 2.75) is 13.5 Å². The quantitative estimate of drug-likeness (QED) is 0.318. The van der Waals surface area contributed by atoms with E-state index in [1.807, 2.05) is 6.07 Å². The standard InChI is InChI=1S/C31H29N5O2/c1-22-6-5-9-25(16-22)36-19-26(24-7-3-2-4-8-24)29-30(32-20-33-31(29)36)35-14-12-34(13-15-35)18-23-10-11-27-28(17-23)38-21-37-27/h2-11,16-17,19-20H,12-15,18,21H2,1H3. The molecule has 0 saturated carbocycles. The summed E-state index contributed by atoms with van der Waals surface area (Å²) in [6.45, 7) is 7.04. The fraction of sp³-hybridized carbons (Fsp3) is 0.226. The maximum Gasteiger partial charge on any atom is 0.231 e. The van der Waals surface area contributed by atoms with Gasteiger partial charge in [-0.1, -0.05) is 48.5 Å². The molecule has 2 aromatic heterocycles. The third-order valence-corrected chi connectivity index (χ3v) is 7.44. The molecule has 7 nitrogen and oxygen atoms in total. The minimum Gasteiger partial charge on any atom is -0.454 e. The van der Waals surface area contributed by atoms with Crippen LogP contribution in [-0.4, -0.2) is 52.4 Å². The molecule has 2 aliphatic rings. The molecular formula is C31H29N5O2. The van der Waals surface area contributed by atoms with Crippen LogP contribution < -0.4 is 14.4 Å². The summed E-state index contributed by atoms with van der Waals surface area (Å²) in [4.78, 5) is 14.5. The Kier molecular flexibility index (Phi) is 5.70. The summed E-state index contributed by atoms with van der Waals surface area (Å²) in [6, 6.07) is 25.4. The van der Waals surface area contributed by atoms with Crippen LogP contribution in [0.3, 0.4) is 0 Å². The van der Waals surface area contributed by atoms with Gasteiger partial charge in [0.1, 0.15) is 12.1 Å². The summed E-state index contributed by atoms with van der Waals surface area (Å²) in [5, 5.41) is 1.10. The third kappa shape index (κ3) is 4.15. The van der Waals surface area contributed by atoms with E-state index in [0.717, 1.165) is 72.3 Å². The molecular weight excluding hydrogens is 474 g/mol. The van der Waals surface area contributed by atoms with Gasteiger partial charge in [0, 0.05) is 50.2 Å². The number of anilines is 1. The summed E-state index contributed by atoms with van der Waals surface area (Å²) in [6.07, 6.45) is 3.92. The minimum absolute atomic E-state index is 0.307. The van der Waals surface area contributed by atoms with E-state index in [1.165, 1.54) is 16.7 Å². The number of aryl methyl sites for hydroxylation is 1. The largest absolute Gasteiger partial charge is 0.454 e. The second-order valence-corrected chi connectivity index (χ2v) is 9.96. The first kappa shape index (κ1) is 22.8. The number of nitrogens with zero attached hydrogens (tertiary/aromatic N) is 5. The average Bonchev–Trinajstić information content (AvgIpc) is 3.59. The SMILES string of the molecule is Cc1cccc(-n2cc(-c3ccccc3)c3c(N4CCN(Cc5ccc6c(c5)OCO6)CC4)ncnc32)c1. The molecule has 38 heavy (non-hydrogen) atoms. The van der Waals surface area contributed by atoms with E-state index in [2.05, 4.69) is 94.2 Å². The first-order valence-electron chi connectivity index (χ1n) is 13.1. The molecule has 0 N–H and O–H groups in total. The smallest absolute Gasteiger partial charge is 0.231 e. The lowest BCUT2D eigenvalue weighted by Crippen LogP contribution is -2.46. The van der Waals surface area contributed by atoms with Gasteiger partial charge < -0.3 is 18.9 Å². The number of piperazine rings is 1. The summed E-state index contributed by atoms with van der Waals surface area (Å²) >= 11 is 0. The molecule has 0 radical (unpaired) electrons. The Labute approximate surface area is 221 Å². The topological polar surface area (TPSA) is 55.7 Å². The van der Waals surface area contributed by atoms with Gasteiger partial charge in [-0.15, -0.1) is 0 Å². The van der Waals surface area contributed by atoms with Crippen LogP contribution in [0.15, 0.2) is 85.3 Å². The summed E-state index contributed by atoms with van der Waals surface area (Å²) in [5.41, 5.74) is 6.83. The zero-order chi connectivity index (χ0) is 25.5. The molecule has 0 atom stereocenters. The molecule has 7 rings (SSSR count). The number of aromatic nitrogens is 3. The maximum atomic E-state index is 5.57. The van der Waals surface area contributed by atoms with Crippen molar-refractivity contribution in [1.82, 2.24) is 19.4 Å². The van der Waals surface area contributed by atoms with Gasteiger partial charge in [-0.05, 0) is 47.9 Å². The van der Waals surface area contributed by atoms with Crippen molar-refractivity contribution < 1.29 is 9.47 Å². The predicted octanol–water partition coefficient (Wildman–Crippen LogP) is 5.45. The Hall–Kier alpha value is -4.36. The van der Waals surface area contributed by atoms with E-state index >= 15 is 0 Å². The Morgan fingerprint density at radius 1 is 0.816 bits per heavy atom. The van der Waals surface area contributed by atoms with Gasteiger partial charge in [0.25, 0.3) is 0 Å². The van der Waals surface area contributed by atoms with Crippen LogP contribution >= 0.6 is 0 Å². The van der Waals surface area contributed by atoms with Crippen molar-refractivity contribution in [1.29, 1.82) is 0 Å². The lowest BCUT2D eigenvalue weighted by molar-refractivity contribution is 0.174. The Bertz CT molecular complexity index is 1610. The molecule has 0 aliphatic carbocycles. The molecule has 1 saturated heterocycles. The van der Waals surface area contributed by atoms with Crippen LogP contribution in [0.25, 0.3) is 27.8 Å². The molecule has 0 spiro atoms. The van der Waals surface area contributed by atoms with Crippen LogP contribution in [0.5, 0.6) is 11.5 Å². The molecule has 0 amide bonds. The number of hydrogen-bond acceptors (Lipinski definition) is 6. The fourth-order valence-electron chi connectivity index (χ4n) is 5.51. The second kappa shape index (κ2) is 9.50. The van der Waals surface area contributed by atoms with E-state index in [9.17, 15) is 0 Å². The Balaban J connectivity index is 1.21. The molecule has 3 aromatic carbocycles. The van der Waals surface area contributed by atoms with Crippen molar-refractivity contribution in [2.24, 2.45) is 0 Å². The number of ether oxygens (including phenoxy) is 2. The first-order chi connectivity index (χ1) is 18.7. The van der Waals surface area contributed by atoms with Gasteiger partial charge in [0.15, 0.2) is 17.1 Å². The second-order valence-electron chi connectivity index (χ2n) is 9.96. The fourth-order valence-corrected chi connectivity index (χ4v) is 5.51. The Morgan fingerprint density at radius 2 is 1.66 bits per heavy atom. The molecule has 1 fully saturated rings. The highest BCUT2D eigenvalue weighted by Crippen LogP contribution is 2.37. The van der Waals surface area contributed by atoms with E-state index in [1.54, 1.807) is 6.33 Å². The number of fused-ring (bicyclic) bond motifs is 2. The van der Waals surface area contributed by atoms with Crippen LogP contribution in [0.2, 0.25) is 0 Å². The van der Waals surface area contributed by atoms with Crippen LogP contribution in [0, 0.1) is 6.92 Å². The Morgan fingerprint density at radius 3 is 2.50 bits per heavy atom. The van der Waals surface area contributed by atoms with Gasteiger partial charge in [0.05, 0.1) is 5.39 Å². The molecule has 0 unspecified atom stereocenters. The minimum atomic E-state index is 0.307. The number of rotatable bonds is 5. The highest BCUT2D eigenvalue weighted by atomic mass is 16.7. The van der Waals surface area contributed by atoms with Crippen molar-refractivity contribution in [2.75, 3.05) is 37.9 Å². The van der Waals surface area contributed by atoms with Crippen LogP contribution in [-0.2, 0) is 6.54 Å². The molecule has 7 heteroatoms. The average molecular weight is 504 g/mol. The highest BCUT2D eigenvalue weighted by Gasteiger charge is 2.24. The van der Waals surface area contributed by atoms with E-state index < -0.39 is 0 Å². The summed E-state index contributed by atoms with van der Waals surface area (Å²) in [5.74, 6) is 2.68. The monoisotopic (exact) mass is 503 g/mol.